The predicted molar refractivity (Wildman–Crippen MR) is 38.3 cm³/mol. The monoisotopic (exact) mass is 546 g/mol. The van der Waals surface area contributed by atoms with Crippen LogP contribution in [0.1, 0.15) is 13.8 Å². The molecule has 12 heavy (non-hydrogen) atoms. The Bertz CT molecular complexity index is 135. The first-order chi connectivity index (χ1) is 5.54. The van der Waals surface area contributed by atoms with Gasteiger partial charge in [-0.25, -0.2) is 0 Å². The molecule has 0 bridgehead atoms. The van der Waals surface area contributed by atoms with E-state index in [1.165, 1.54) is 7.86 Å². The Hall–Kier alpha value is 1.79. The van der Waals surface area contributed by atoms with E-state index in [9.17, 15) is 0 Å². The summed E-state index contributed by atoms with van der Waals surface area (Å²) in [5.74, 6) is 0. The van der Waals surface area contributed by atoms with Gasteiger partial charge in [-0.2, -0.15) is 0 Å². The summed E-state index contributed by atoms with van der Waals surface area (Å²) in [5, 5.41) is 0. The van der Waals surface area contributed by atoms with Crippen LogP contribution >= 0.6 is 0 Å². The predicted octanol–water partition coefficient (Wildman–Crippen LogP) is 1.48. The molecule has 1 fully saturated rings. The minimum absolute atomic E-state index is 0.0611. The van der Waals surface area contributed by atoms with Crippen LogP contribution < -0.4 is 0 Å². The average molecular weight is 543 g/mol. The Morgan fingerprint density at radius 3 is 1.50 bits per heavy atom. The molecule has 0 amide bonds. The molecule has 0 aromatic carbocycles. The van der Waals surface area contributed by atoms with Crippen LogP contribution in [-0.2, 0) is 61.7 Å². The van der Waals surface area contributed by atoms with Gasteiger partial charge in [-0.05, 0) is 0 Å². The van der Waals surface area contributed by atoms with Crippen molar-refractivity contribution >= 4 is 0 Å². The molecule has 0 aromatic heterocycles. The second kappa shape index (κ2) is 4.54. The summed E-state index contributed by atoms with van der Waals surface area (Å²) in [6.07, 6.45) is 0. The summed E-state index contributed by atoms with van der Waals surface area (Å²) in [7, 11) is 0. The maximum absolute atomic E-state index is 5.88. The Morgan fingerprint density at radius 1 is 1.00 bits per heavy atom. The number of hydrogen-bond acceptors (Lipinski definition) is 2. The molecule has 2 atom stereocenters. The van der Waals surface area contributed by atoms with Crippen LogP contribution in [0.15, 0.2) is 0 Å². The third-order valence-electron chi connectivity index (χ3n) is 2.51. The van der Waals surface area contributed by atoms with Gasteiger partial charge < -0.3 is 0 Å². The van der Waals surface area contributed by atoms with Gasteiger partial charge in [0.25, 0.3) is 0 Å². The van der Waals surface area contributed by atoms with E-state index in [2.05, 4.69) is 13.8 Å². The summed E-state index contributed by atoms with van der Waals surface area (Å²) in [5.41, 5.74) is 0.122. The second-order valence-corrected chi connectivity index (χ2v) is 7.86. The summed E-state index contributed by atoms with van der Waals surface area (Å²) >= 11 is 1.63. The SMILES string of the molecule is CC1([CH2][Hg+])COC(C)([CH2][Hg+])CO1. The molecule has 1 saturated heterocycles. The fourth-order valence-electron chi connectivity index (χ4n) is 1.03. The van der Waals surface area contributed by atoms with Crippen LogP contribution in [0, 0.1) is 0 Å². The van der Waals surface area contributed by atoms with Crippen molar-refractivity contribution in [1.29, 1.82) is 0 Å². The van der Waals surface area contributed by atoms with Crippen LogP contribution in [0.25, 0.3) is 0 Å². The first-order valence-corrected chi connectivity index (χ1v) is 12.2. The molecule has 0 spiro atoms. The van der Waals surface area contributed by atoms with Crippen LogP contribution in [-0.4, -0.2) is 24.4 Å². The molecule has 2 unspecified atom stereocenters. The van der Waals surface area contributed by atoms with Gasteiger partial charge >= 0.3 is 108 Å². The van der Waals surface area contributed by atoms with Crippen molar-refractivity contribution in [2.24, 2.45) is 0 Å². The molecule has 1 aliphatic rings. The molecule has 2 nitrogen and oxygen atoms in total. The van der Waals surface area contributed by atoms with Gasteiger partial charge in [0, 0.05) is 0 Å². The van der Waals surface area contributed by atoms with E-state index < -0.39 is 0 Å². The summed E-state index contributed by atoms with van der Waals surface area (Å²) < 4.78 is 14.2. The van der Waals surface area contributed by atoms with Gasteiger partial charge in [0.1, 0.15) is 0 Å². The van der Waals surface area contributed by atoms with Crippen LogP contribution in [0.2, 0.25) is 7.86 Å². The topological polar surface area (TPSA) is 18.5 Å². The Labute approximate surface area is 107 Å². The first kappa shape index (κ1) is 11.9. The van der Waals surface area contributed by atoms with E-state index in [1.54, 1.807) is 0 Å². The third-order valence-corrected chi connectivity index (χ3v) is 10.7. The van der Waals surface area contributed by atoms with Gasteiger partial charge in [0.15, 0.2) is 0 Å². The Balaban J connectivity index is 2.49. The molecule has 0 aromatic rings. The summed E-state index contributed by atoms with van der Waals surface area (Å²) in [6.45, 7) is 5.98. The number of rotatable bonds is 2. The fourth-order valence-corrected chi connectivity index (χ4v) is 3.27. The van der Waals surface area contributed by atoms with Crippen molar-refractivity contribution in [3.8, 4) is 0 Å². The van der Waals surface area contributed by atoms with Crippen LogP contribution in [0.5, 0.6) is 0 Å². The minimum atomic E-state index is 0.0611. The standard InChI is InChI=1S/C8H14O2.2Hg/c1-7(2)5-10-8(3,4)6-9-7;;/h1,3,5-6H2,2,4H3;;/q;2*+1. The van der Waals surface area contributed by atoms with E-state index in [1.807, 2.05) is 0 Å². The van der Waals surface area contributed by atoms with Crippen molar-refractivity contribution in [2.45, 2.75) is 32.9 Å². The zero-order valence-corrected chi connectivity index (χ0v) is 19.1. The fraction of sp³-hybridized carbons (Fsp3) is 1.00. The summed E-state index contributed by atoms with van der Waals surface area (Å²) in [4.78, 5) is 0. The second-order valence-electron chi connectivity index (χ2n) is 3.98. The molecule has 0 radical (unpaired) electrons. The molecule has 1 aliphatic heterocycles. The van der Waals surface area contributed by atoms with Gasteiger partial charge in [-0.1, -0.05) is 0 Å². The maximum atomic E-state index is 5.88. The molecular formula is C8H14Hg2O2+2. The van der Waals surface area contributed by atoms with Crippen molar-refractivity contribution in [1.82, 2.24) is 0 Å². The van der Waals surface area contributed by atoms with Crippen molar-refractivity contribution in [2.75, 3.05) is 13.2 Å². The molecular weight excluding hydrogens is 529 g/mol. The van der Waals surface area contributed by atoms with Crippen molar-refractivity contribution in [3.63, 3.8) is 0 Å². The van der Waals surface area contributed by atoms with Crippen molar-refractivity contribution < 1.29 is 61.7 Å². The summed E-state index contributed by atoms with van der Waals surface area (Å²) in [6, 6.07) is 0. The molecule has 0 saturated carbocycles. The van der Waals surface area contributed by atoms with Crippen LogP contribution in [0.3, 0.4) is 0 Å². The quantitative estimate of drug-likeness (QED) is 0.492. The molecule has 1 rings (SSSR count). The molecule has 0 N–H and O–H groups in total. The average Bonchev–Trinajstić information content (AvgIpc) is 2.11. The zero-order valence-electron chi connectivity index (χ0n) is 8.06. The van der Waals surface area contributed by atoms with Gasteiger partial charge in [-0.3, -0.25) is 0 Å². The van der Waals surface area contributed by atoms with Crippen LogP contribution in [0.4, 0.5) is 0 Å². The first-order valence-electron chi connectivity index (χ1n) is 4.40. The molecule has 0 aliphatic carbocycles. The molecule has 4 heteroatoms. The molecule has 60 valence electrons. The van der Waals surface area contributed by atoms with E-state index in [-0.39, 0.29) is 11.2 Å². The van der Waals surface area contributed by atoms with Gasteiger partial charge in [0.05, 0.1) is 0 Å². The Kier molecular flexibility index (Phi) is 4.49. The van der Waals surface area contributed by atoms with E-state index >= 15 is 0 Å². The third kappa shape index (κ3) is 2.89. The zero-order chi connectivity index (χ0) is 9.24. The van der Waals surface area contributed by atoms with E-state index in [0.29, 0.717) is 0 Å². The Morgan fingerprint density at radius 2 is 1.33 bits per heavy atom. The van der Waals surface area contributed by atoms with Gasteiger partial charge in [0.2, 0.25) is 0 Å². The van der Waals surface area contributed by atoms with E-state index in [0.717, 1.165) is 65.5 Å². The number of ether oxygens (including phenoxy) is 2. The van der Waals surface area contributed by atoms with Gasteiger partial charge in [-0.15, -0.1) is 0 Å². The number of hydrogen-bond donors (Lipinski definition) is 0. The normalized spacial score (nSPS) is 43.2. The van der Waals surface area contributed by atoms with E-state index in [4.69, 9.17) is 9.47 Å². The van der Waals surface area contributed by atoms with Crippen molar-refractivity contribution in [3.05, 3.63) is 0 Å². The molecule has 1 heterocycles.